The van der Waals surface area contributed by atoms with E-state index in [4.69, 9.17) is 10.00 Å². The van der Waals surface area contributed by atoms with Crippen LogP contribution in [0.5, 0.6) is 0 Å². The molecule has 2 aromatic rings. The highest BCUT2D eigenvalue weighted by molar-refractivity contribution is 9.10. The zero-order chi connectivity index (χ0) is 14.4. The van der Waals surface area contributed by atoms with Crippen LogP contribution >= 0.6 is 15.9 Å². The van der Waals surface area contributed by atoms with Gasteiger partial charge in [-0.3, -0.25) is 0 Å². The van der Waals surface area contributed by atoms with Crippen LogP contribution in [0.25, 0.3) is 0 Å². The number of hydrogen-bond acceptors (Lipinski definition) is 3. The molecule has 0 aliphatic heterocycles. The first-order chi connectivity index (χ1) is 9.74. The molecule has 0 radical (unpaired) electrons. The Labute approximate surface area is 127 Å². The van der Waals surface area contributed by atoms with Gasteiger partial charge in [-0.2, -0.15) is 5.26 Å². The molecule has 0 bridgehead atoms. The second-order valence-electron chi connectivity index (χ2n) is 4.36. The second kappa shape index (κ2) is 7.09. The minimum Gasteiger partial charge on any atom is -0.381 e. The molecule has 102 valence electrons. The van der Waals surface area contributed by atoms with E-state index >= 15 is 0 Å². The minimum absolute atomic E-state index is 0.553. The second-order valence-corrected chi connectivity index (χ2v) is 5.22. The van der Waals surface area contributed by atoms with E-state index in [1.807, 2.05) is 42.5 Å². The van der Waals surface area contributed by atoms with Crippen LogP contribution in [0.2, 0.25) is 0 Å². The fraction of sp³-hybridized carbons (Fsp3) is 0.188. The molecule has 0 saturated carbocycles. The van der Waals surface area contributed by atoms with Crippen LogP contribution in [0.3, 0.4) is 0 Å². The van der Waals surface area contributed by atoms with Gasteiger partial charge in [0.15, 0.2) is 0 Å². The summed E-state index contributed by atoms with van der Waals surface area (Å²) in [6.45, 7) is 1.26. The lowest BCUT2D eigenvalue weighted by Crippen LogP contribution is -2.03. The Kier molecular flexibility index (Phi) is 5.16. The van der Waals surface area contributed by atoms with Gasteiger partial charge in [-0.25, -0.2) is 0 Å². The number of nitriles is 1. The van der Waals surface area contributed by atoms with E-state index in [0.717, 1.165) is 21.3 Å². The van der Waals surface area contributed by atoms with Crippen molar-refractivity contribution in [3.63, 3.8) is 0 Å². The van der Waals surface area contributed by atoms with Gasteiger partial charge in [0.1, 0.15) is 0 Å². The predicted molar refractivity (Wildman–Crippen MR) is 83.3 cm³/mol. The number of ether oxygens (including phenoxy) is 1. The summed E-state index contributed by atoms with van der Waals surface area (Å²) in [5, 5.41) is 12.2. The Morgan fingerprint density at radius 1 is 1.20 bits per heavy atom. The van der Waals surface area contributed by atoms with Crippen molar-refractivity contribution < 1.29 is 4.74 Å². The van der Waals surface area contributed by atoms with Gasteiger partial charge < -0.3 is 10.1 Å². The van der Waals surface area contributed by atoms with Crippen LogP contribution in [0.1, 0.15) is 16.7 Å². The standard InChI is InChI=1S/C16H15BrN2O/c1-20-11-14-15(17)3-2-4-16(14)19-10-13-7-5-12(9-18)6-8-13/h2-8,19H,10-11H2,1H3. The first kappa shape index (κ1) is 14.6. The Bertz CT molecular complexity index is 617. The van der Waals surface area contributed by atoms with Crippen molar-refractivity contribution >= 4 is 21.6 Å². The molecule has 0 spiro atoms. The summed E-state index contributed by atoms with van der Waals surface area (Å²) < 4.78 is 6.26. The molecule has 2 rings (SSSR count). The molecule has 0 aliphatic carbocycles. The zero-order valence-corrected chi connectivity index (χ0v) is 12.8. The lowest BCUT2D eigenvalue weighted by atomic mass is 10.1. The fourth-order valence-electron chi connectivity index (χ4n) is 1.91. The van der Waals surface area contributed by atoms with Crippen LogP contribution in [0.4, 0.5) is 5.69 Å². The van der Waals surface area contributed by atoms with Gasteiger partial charge in [0.05, 0.1) is 18.2 Å². The number of hydrogen-bond donors (Lipinski definition) is 1. The molecule has 0 amide bonds. The third-order valence-electron chi connectivity index (χ3n) is 2.97. The molecule has 0 aliphatic rings. The molecule has 20 heavy (non-hydrogen) atoms. The normalized spacial score (nSPS) is 10.1. The number of nitrogens with one attached hydrogen (secondary N) is 1. The SMILES string of the molecule is COCc1c(Br)cccc1NCc1ccc(C#N)cc1. The van der Waals surface area contributed by atoms with Gasteiger partial charge in [0, 0.05) is 29.4 Å². The summed E-state index contributed by atoms with van der Waals surface area (Å²) in [5.41, 5.74) is 3.96. The molecule has 4 heteroatoms. The Morgan fingerprint density at radius 3 is 2.60 bits per heavy atom. The molecular formula is C16H15BrN2O. The average Bonchev–Trinajstić information content (AvgIpc) is 2.48. The monoisotopic (exact) mass is 330 g/mol. The molecule has 3 nitrogen and oxygen atoms in total. The highest BCUT2D eigenvalue weighted by Crippen LogP contribution is 2.26. The average molecular weight is 331 g/mol. The van der Waals surface area contributed by atoms with Crippen LogP contribution in [-0.2, 0) is 17.9 Å². The van der Waals surface area contributed by atoms with Crippen molar-refractivity contribution in [2.75, 3.05) is 12.4 Å². The summed E-state index contributed by atoms with van der Waals surface area (Å²) in [6, 6.07) is 15.7. The van der Waals surface area contributed by atoms with Gasteiger partial charge in [-0.05, 0) is 29.8 Å². The van der Waals surface area contributed by atoms with E-state index in [-0.39, 0.29) is 0 Å². The summed E-state index contributed by atoms with van der Waals surface area (Å²) in [7, 11) is 1.68. The number of anilines is 1. The van der Waals surface area contributed by atoms with Gasteiger partial charge in [0.2, 0.25) is 0 Å². The molecule has 0 heterocycles. The largest absolute Gasteiger partial charge is 0.381 e. The van der Waals surface area contributed by atoms with Crippen LogP contribution in [0.15, 0.2) is 46.9 Å². The molecule has 0 aromatic heterocycles. The molecule has 0 atom stereocenters. The van der Waals surface area contributed by atoms with Crippen molar-refractivity contribution in [2.45, 2.75) is 13.2 Å². The van der Waals surface area contributed by atoms with Crippen LogP contribution in [-0.4, -0.2) is 7.11 Å². The molecule has 2 aromatic carbocycles. The third-order valence-corrected chi connectivity index (χ3v) is 3.72. The zero-order valence-electron chi connectivity index (χ0n) is 11.2. The third kappa shape index (κ3) is 3.60. The van der Waals surface area contributed by atoms with E-state index in [0.29, 0.717) is 18.7 Å². The lowest BCUT2D eigenvalue weighted by molar-refractivity contribution is 0.185. The predicted octanol–water partition coefficient (Wildman–Crippen LogP) is 4.08. The quantitative estimate of drug-likeness (QED) is 0.898. The number of nitrogens with zero attached hydrogens (tertiary/aromatic N) is 1. The maximum Gasteiger partial charge on any atom is 0.0991 e. The lowest BCUT2D eigenvalue weighted by Gasteiger charge is -2.13. The topological polar surface area (TPSA) is 45.0 Å². The summed E-state index contributed by atoms with van der Waals surface area (Å²) in [4.78, 5) is 0. The summed E-state index contributed by atoms with van der Waals surface area (Å²) >= 11 is 3.54. The smallest absolute Gasteiger partial charge is 0.0991 e. The first-order valence-electron chi connectivity index (χ1n) is 6.24. The molecular weight excluding hydrogens is 316 g/mol. The van der Waals surface area contributed by atoms with E-state index in [2.05, 4.69) is 27.3 Å². The van der Waals surface area contributed by atoms with Gasteiger partial charge in [0.25, 0.3) is 0 Å². The van der Waals surface area contributed by atoms with Gasteiger partial charge in [-0.15, -0.1) is 0 Å². The van der Waals surface area contributed by atoms with Crippen LogP contribution < -0.4 is 5.32 Å². The minimum atomic E-state index is 0.553. The number of methoxy groups -OCH3 is 1. The molecule has 1 N–H and O–H groups in total. The summed E-state index contributed by atoms with van der Waals surface area (Å²) in [6.07, 6.45) is 0. The highest BCUT2D eigenvalue weighted by Gasteiger charge is 2.06. The molecule has 0 unspecified atom stereocenters. The van der Waals surface area contributed by atoms with E-state index < -0.39 is 0 Å². The number of benzene rings is 2. The van der Waals surface area contributed by atoms with Crippen molar-refractivity contribution in [2.24, 2.45) is 0 Å². The van der Waals surface area contributed by atoms with Gasteiger partial charge >= 0.3 is 0 Å². The Morgan fingerprint density at radius 2 is 1.95 bits per heavy atom. The Balaban J connectivity index is 2.10. The Hall–Kier alpha value is -1.83. The van der Waals surface area contributed by atoms with Crippen molar-refractivity contribution in [3.05, 3.63) is 63.6 Å². The molecule has 0 saturated heterocycles. The summed E-state index contributed by atoms with van der Waals surface area (Å²) in [5.74, 6) is 0. The van der Waals surface area contributed by atoms with Crippen molar-refractivity contribution in [1.29, 1.82) is 5.26 Å². The first-order valence-corrected chi connectivity index (χ1v) is 7.03. The van der Waals surface area contributed by atoms with E-state index in [1.165, 1.54) is 0 Å². The van der Waals surface area contributed by atoms with E-state index in [9.17, 15) is 0 Å². The fourth-order valence-corrected chi connectivity index (χ4v) is 2.39. The van der Waals surface area contributed by atoms with Crippen LogP contribution in [0, 0.1) is 11.3 Å². The molecule has 0 fully saturated rings. The number of rotatable bonds is 5. The highest BCUT2D eigenvalue weighted by atomic mass is 79.9. The van der Waals surface area contributed by atoms with Crippen molar-refractivity contribution in [3.8, 4) is 6.07 Å². The van der Waals surface area contributed by atoms with Gasteiger partial charge in [-0.1, -0.05) is 34.1 Å². The maximum absolute atomic E-state index is 8.78. The maximum atomic E-state index is 8.78. The van der Waals surface area contributed by atoms with E-state index in [1.54, 1.807) is 7.11 Å². The van der Waals surface area contributed by atoms with Crippen molar-refractivity contribution in [1.82, 2.24) is 0 Å². The number of halogens is 1.